The van der Waals surface area contributed by atoms with Crippen molar-refractivity contribution in [2.24, 2.45) is 0 Å². The standard InChI is InChI=1S/C22H30N2O2.2C2HF3O2/c1-23(2)15-20-10-11-22(26-20)16-24(12-13-25-17-22)14-19-8-5-7-18-6-3-4-9-21(18)19;2*3-2(4,5)1(6)7/h3-9,20H,10-17H2,1-2H3;2*(H,6,7)/t20-,22+;;/m1../s1. The highest BCUT2D eigenvalue weighted by molar-refractivity contribution is 5.85. The molecule has 2 atom stereocenters. The molecule has 8 nitrogen and oxygen atoms in total. The van der Waals surface area contributed by atoms with Gasteiger partial charge in [-0.15, -0.1) is 0 Å². The van der Waals surface area contributed by atoms with Crippen LogP contribution in [0, 0.1) is 0 Å². The predicted molar refractivity (Wildman–Crippen MR) is 133 cm³/mol. The van der Waals surface area contributed by atoms with Crippen molar-refractivity contribution >= 4 is 22.7 Å². The highest BCUT2D eigenvalue weighted by Crippen LogP contribution is 2.34. The van der Waals surface area contributed by atoms with Crippen molar-refractivity contribution in [1.29, 1.82) is 0 Å². The number of halogens is 6. The van der Waals surface area contributed by atoms with Gasteiger partial charge in [-0.3, -0.25) is 4.90 Å². The van der Waals surface area contributed by atoms with Gasteiger partial charge in [-0.25, -0.2) is 9.59 Å². The summed E-state index contributed by atoms with van der Waals surface area (Å²) < 4.78 is 76.0. The number of carboxylic acid groups (broad SMARTS) is 2. The summed E-state index contributed by atoms with van der Waals surface area (Å²) in [5.74, 6) is -5.51. The van der Waals surface area contributed by atoms with Crippen molar-refractivity contribution in [1.82, 2.24) is 9.80 Å². The zero-order valence-corrected chi connectivity index (χ0v) is 22.0. The van der Waals surface area contributed by atoms with E-state index < -0.39 is 24.3 Å². The monoisotopic (exact) mass is 582 g/mol. The number of carbonyl (C=O) groups is 2. The molecule has 2 aliphatic rings. The van der Waals surface area contributed by atoms with Crippen molar-refractivity contribution < 1.29 is 55.6 Å². The molecule has 0 aliphatic carbocycles. The van der Waals surface area contributed by atoms with Crippen LogP contribution < -0.4 is 0 Å². The molecule has 2 fully saturated rings. The van der Waals surface area contributed by atoms with Crippen molar-refractivity contribution in [3.05, 3.63) is 48.0 Å². The molecule has 14 heteroatoms. The summed E-state index contributed by atoms with van der Waals surface area (Å²) in [5, 5.41) is 16.9. The number of aliphatic carboxylic acids is 2. The first-order valence-electron chi connectivity index (χ1n) is 12.2. The van der Waals surface area contributed by atoms with E-state index in [-0.39, 0.29) is 5.60 Å². The van der Waals surface area contributed by atoms with E-state index in [0.29, 0.717) is 6.10 Å². The lowest BCUT2D eigenvalue weighted by Crippen LogP contribution is -2.45. The summed E-state index contributed by atoms with van der Waals surface area (Å²) in [7, 11) is 4.23. The fourth-order valence-corrected chi connectivity index (χ4v) is 4.44. The average Bonchev–Trinajstić information content (AvgIpc) is 3.11. The summed E-state index contributed by atoms with van der Waals surface area (Å²) in [4.78, 5) is 22.5. The number of hydrogen-bond acceptors (Lipinski definition) is 6. The Balaban J connectivity index is 0.000000333. The number of benzene rings is 2. The second-order valence-corrected chi connectivity index (χ2v) is 9.73. The molecule has 2 aromatic rings. The number of likely N-dealkylation sites (N-methyl/N-ethyl adjacent to an activating group) is 1. The zero-order chi connectivity index (χ0) is 30.1. The molecule has 0 radical (unpaired) electrons. The lowest BCUT2D eigenvalue weighted by Gasteiger charge is -2.32. The molecule has 0 amide bonds. The van der Waals surface area contributed by atoms with Gasteiger partial charge in [-0.05, 0) is 43.3 Å². The Kier molecular flexibility index (Phi) is 11.7. The Hall–Kier alpha value is -2.94. The lowest BCUT2D eigenvalue weighted by atomic mass is 9.99. The second-order valence-electron chi connectivity index (χ2n) is 9.73. The molecule has 2 N–H and O–H groups in total. The summed E-state index contributed by atoms with van der Waals surface area (Å²) >= 11 is 0. The van der Waals surface area contributed by atoms with Gasteiger partial charge >= 0.3 is 24.3 Å². The van der Waals surface area contributed by atoms with Crippen LogP contribution >= 0.6 is 0 Å². The van der Waals surface area contributed by atoms with Gasteiger partial charge in [0.1, 0.15) is 5.60 Å². The Morgan fingerprint density at radius 3 is 2.15 bits per heavy atom. The molecule has 4 rings (SSSR count). The van der Waals surface area contributed by atoms with Crippen LogP contribution in [0.4, 0.5) is 26.3 Å². The molecule has 0 aromatic heterocycles. The number of hydrogen-bond donors (Lipinski definition) is 2. The zero-order valence-electron chi connectivity index (χ0n) is 22.0. The average molecular weight is 583 g/mol. The van der Waals surface area contributed by atoms with Gasteiger partial charge in [0.15, 0.2) is 0 Å². The Bertz CT molecular complexity index is 1100. The quantitative estimate of drug-likeness (QED) is 0.512. The van der Waals surface area contributed by atoms with Gasteiger partial charge < -0.3 is 24.6 Å². The van der Waals surface area contributed by atoms with Crippen molar-refractivity contribution in [3.63, 3.8) is 0 Å². The molecular formula is C26H32F6N2O6. The van der Waals surface area contributed by atoms with Crippen molar-refractivity contribution in [2.45, 2.75) is 43.4 Å². The lowest BCUT2D eigenvalue weighted by molar-refractivity contribution is -0.193. The molecule has 0 saturated carbocycles. The smallest absolute Gasteiger partial charge is 0.475 e. The van der Waals surface area contributed by atoms with Crippen LogP contribution in [0.5, 0.6) is 0 Å². The molecule has 2 aromatic carbocycles. The SMILES string of the molecule is CN(C)C[C@H]1CC[C@]2(COCCN(Cc3cccc4ccccc34)C2)O1.O=C(O)C(F)(F)F.O=C(O)C(F)(F)F. The summed E-state index contributed by atoms with van der Waals surface area (Å²) in [6.45, 7) is 5.38. The van der Waals surface area contributed by atoms with Crippen LogP contribution in [0.25, 0.3) is 10.8 Å². The first kappa shape index (κ1) is 33.3. The van der Waals surface area contributed by atoms with Crippen molar-refractivity contribution in [3.8, 4) is 0 Å². The Morgan fingerprint density at radius 2 is 1.57 bits per heavy atom. The van der Waals surface area contributed by atoms with Crippen LogP contribution in [-0.4, -0.2) is 103 Å². The van der Waals surface area contributed by atoms with E-state index in [9.17, 15) is 26.3 Å². The molecule has 0 bridgehead atoms. The minimum atomic E-state index is -5.08. The van der Waals surface area contributed by atoms with Crippen LogP contribution in [0.3, 0.4) is 0 Å². The highest BCUT2D eigenvalue weighted by Gasteiger charge is 2.43. The maximum absolute atomic E-state index is 10.6. The predicted octanol–water partition coefficient (Wildman–Crippen LogP) is 4.42. The van der Waals surface area contributed by atoms with Gasteiger partial charge in [-0.1, -0.05) is 42.5 Å². The van der Waals surface area contributed by atoms with Gasteiger partial charge in [0.25, 0.3) is 0 Å². The van der Waals surface area contributed by atoms with E-state index in [0.717, 1.165) is 52.2 Å². The summed E-state index contributed by atoms with van der Waals surface area (Å²) in [5.41, 5.74) is 1.25. The van der Waals surface area contributed by atoms with E-state index >= 15 is 0 Å². The van der Waals surface area contributed by atoms with E-state index in [1.165, 1.54) is 16.3 Å². The van der Waals surface area contributed by atoms with Gasteiger partial charge in [0.2, 0.25) is 0 Å². The number of fused-ring (bicyclic) bond motifs is 1. The first-order chi connectivity index (χ1) is 18.5. The molecule has 2 aliphatic heterocycles. The van der Waals surface area contributed by atoms with Crippen molar-refractivity contribution in [2.75, 3.05) is 46.9 Å². The largest absolute Gasteiger partial charge is 0.490 e. The maximum atomic E-state index is 10.6. The van der Waals surface area contributed by atoms with E-state index in [1.54, 1.807) is 0 Å². The molecule has 2 saturated heterocycles. The van der Waals surface area contributed by atoms with E-state index in [2.05, 4.69) is 66.4 Å². The van der Waals surface area contributed by atoms with Gasteiger partial charge in [0, 0.05) is 26.2 Å². The minimum Gasteiger partial charge on any atom is -0.475 e. The molecule has 1 spiro atoms. The van der Waals surface area contributed by atoms with Crippen LogP contribution in [0.15, 0.2) is 42.5 Å². The summed E-state index contributed by atoms with van der Waals surface area (Å²) in [6, 6.07) is 15.3. The van der Waals surface area contributed by atoms with E-state index in [4.69, 9.17) is 29.3 Å². The second kappa shape index (κ2) is 14.1. The maximum Gasteiger partial charge on any atom is 0.490 e. The number of carboxylic acids is 2. The number of ether oxygens (including phenoxy) is 2. The number of alkyl halides is 6. The van der Waals surface area contributed by atoms with Gasteiger partial charge in [0.05, 0.1) is 19.3 Å². The van der Waals surface area contributed by atoms with E-state index in [1.807, 2.05) is 0 Å². The first-order valence-corrected chi connectivity index (χ1v) is 12.2. The normalized spacial score (nSPS) is 21.8. The molecule has 0 unspecified atom stereocenters. The third-order valence-corrected chi connectivity index (χ3v) is 6.09. The third kappa shape index (κ3) is 10.6. The van der Waals surface area contributed by atoms with Crippen LogP contribution in [0.2, 0.25) is 0 Å². The molecular weight excluding hydrogens is 550 g/mol. The highest BCUT2D eigenvalue weighted by atomic mass is 19.4. The minimum absolute atomic E-state index is 0.137. The number of nitrogens with zero attached hydrogens (tertiary/aromatic N) is 2. The molecule has 40 heavy (non-hydrogen) atoms. The Labute approximate surface area is 227 Å². The summed E-state index contributed by atoms with van der Waals surface area (Å²) in [6.07, 6.45) is -7.62. The fraction of sp³-hybridized carbons (Fsp3) is 0.538. The van der Waals surface area contributed by atoms with Crippen LogP contribution in [0.1, 0.15) is 18.4 Å². The number of rotatable bonds is 4. The van der Waals surface area contributed by atoms with Gasteiger partial charge in [-0.2, -0.15) is 26.3 Å². The third-order valence-electron chi connectivity index (χ3n) is 6.09. The fourth-order valence-electron chi connectivity index (χ4n) is 4.44. The van der Waals surface area contributed by atoms with Crippen LogP contribution in [-0.2, 0) is 25.6 Å². The molecule has 224 valence electrons. The Morgan fingerprint density at radius 1 is 1.00 bits per heavy atom. The molecule has 2 heterocycles. The topological polar surface area (TPSA) is 99.5 Å².